The monoisotopic (exact) mass is 217 g/mol. The molecule has 0 amide bonds. The van der Waals surface area contributed by atoms with Crippen LogP contribution < -0.4 is 5.32 Å². The van der Waals surface area contributed by atoms with E-state index in [1.807, 2.05) is 13.8 Å². The lowest BCUT2D eigenvalue weighted by molar-refractivity contribution is -0.0980. The SMILES string of the molecule is CCCNCC(C)(O)COC(C)(C)CC. The van der Waals surface area contributed by atoms with Gasteiger partial charge in [-0.05, 0) is 40.2 Å². The number of rotatable bonds is 8. The van der Waals surface area contributed by atoms with E-state index in [9.17, 15) is 5.11 Å². The standard InChI is InChI=1S/C12H27NO2/c1-6-8-13-9-12(5,14)10-15-11(3,4)7-2/h13-14H,6-10H2,1-5H3. The third-order valence-electron chi connectivity index (χ3n) is 2.56. The molecule has 0 rings (SSSR count). The fraction of sp³-hybridized carbons (Fsp3) is 1.00. The summed E-state index contributed by atoms with van der Waals surface area (Å²) in [6, 6.07) is 0. The summed E-state index contributed by atoms with van der Waals surface area (Å²) in [7, 11) is 0. The lowest BCUT2D eigenvalue weighted by Crippen LogP contribution is -2.44. The van der Waals surface area contributed by atoms with Crippen molar-refractivity contribution in [3.8, 4) is 0 Å². The Hall–Kier alpha value is -0.120. The van der Waals surface area contributed by atoms with Crippen molar-refractivity contribution < 1.29 is 9.84 Å². The Morgan fingerprint density at radius 2 is 1.80 bits per heavy atom. The molecule has 2 N–H and O–H groups in total. The lowest BCUT2D eigenvalue weighted by atomic mass is 10.0. The molecule has 1 atom stereocenters. The minimum absolute atomic E-state index is 0.144. The summed E-state index contributed by atoms with van der Waals surface area (Å²) in [6.07, 6.45) is 2.03. The highest BCUT2D eigenvalue weighted by Gasteiger charge is 2.24. The van der Waals surface area contributed by atoms with E-state index in [0.29, 0.717) is 13.2 Å². The summed E-state index contributed by atoms with van der Waals surface area (Å²) in [5, 5.41) is 13.2. The van der Waals surface area contributed by atoms with Gasteiger partial charge < -0.3 is 15.2 Å². The highest BCUT2D eigenvalue weighted by atomic mass is 16.5. The molecule has 0 heterocycles. The Labute approximate surface area is 94.2 Å². The molecule has 3 nitrogen and oxygen atoms in total. The first kappa shape index (κ1) is 14.9. The summed E-state index contributed by atoms with van der Waals surface area (Å²) >= 11 is 0. The predicted molar refractivity (Wildman–Crippen MR) is 64.1 cm³/mol. The Balaban J connectivity index is 3.82. The van der Waals surface area contributed by atoms with Crippen LogP contribution in [0, 0.1) is 0 Å². The summed E-state index contributed by atoms with van der Waals surface area (Å²) in [5.74, 6) is 0. The largest absolute Gasteiger partial charge is 0.386 e. The molecule has 0 saturated carbocycles. The third-order valence-corrected chi connectivity index (χ3v) is 2.56. The predicted octanol–water partition coefficient (Wildman–Crippen LogP) is 1.94. The van der Waals surface area contributed by atoms with Gasteiger partial charge in [0.1, 0.15) is 0 Å². The second kappa shape index (κ2) is 6.46. The highest BCUT2D eigenvalue weighted by molar-refractivity contribution is 4.77. The van der Waals surface area contributed by atoms with Crippen molar-refractivity contribution in [1.82, 2.24) is 5.32 Å². The zero-order chi connectivity index (χ0) is 11.9. The van der Waals surface area contributed by atoms with Crippen molar-refractivity contribution in [2.75, 3.05) is 19.7 Å². The van der Waals surface area contributed by atoms with E-state index in [-0.39, 0.29) is 5.60 Å². The zero-order valence-electron chi connectivity index (χ0n) is 10.9. The van der Waals surface area contributed by atoms with Crippen LogP contribution in [0.15, 0.2) is 0 Å². The molecular weight excluding hydrogens is 190 g/mol. The molecule has 15 heavy (non-hydrogen) atoms. The summed E-state index contributed by atoms with van der Waals surface area (Å²) in [6.45, 7) is 12.0. The molecule has 0 saturated heterocycles. The van der Waals surface area contributed by atoms with Crippen LogP contribution >= 0.6 is 0 Å². The van der Waals surface area contributed by atoms with Gasteiger partial charge in [0.15, 0.2) is 0 Å². The van der Waals surface area contributed by atoms with E-state index in [2.05, 4.69) is 19.2 Å². The van der Waals surface area contributed by atoms with Crippen LogP contribution in [0.25, 0.3) is 0 Å². The quantitative estimate of drug-likeness (QED) is 0.611. The van der Waals surface area contributed by atoms with Crippen LogP contribution in [-0.2, 0) is 4.74 Å². The molecule has 0 aromatic rings. The average molecular weight is 217 g/mol. The van der Waals surface area contributed by atoms with Gasteiger partial charge in [0.25, 0.3) is 0 Å². The second-order valence-corrected chi connectivity index (χ2v) is 5.08. The Morgan fingerprint density at radius 1 is 1.20 bits per heavy atom. The van der Waals surface area contributed by atoms with Gasteiger partial charge in [-0.3, -0.25) is 0 Å². The highest BCUT2D eigenvalue weighted by Crippen LogP contribution is 2.16. The number of hydrogen-bond acceptors (Lipinski definition) is 3. The third kappa shape index (κ3) is 7.77. The second-order valence-electron chi connectivity index (χ2n) is 5.08. The maximum atomic E-state index is 10.0. The van der Waals surface area contributed by atoms with Crippen molar-refractivity contribution in [3.05, 3.63) is 0 Å². The first-order valence-corrected chi connectivity index (χ1v) is 5.90. The molecule has 0 bridgehead atoms. The zero-order valence-corrected chi connectivity index (χ0v) is 10.9. The topological polar surface area (TPSA) is 41.5 Å². The van der Waals surface area contributed by atoms with Gasteiger partial charge in [-0.15, -0.1) is 0 Å². The fourth-order valence-electron chi connectivity index (χ4n) is 1.04. The molecule has 0 aromatic carbocycles. The lowest BCUT2D eigenvalue weighted by Gasteiger charge is -2.30. The van der Waals surface area contributed by atoms with Crippen molar-refractivity contribution in [2.45, 2.75) is 58.7 Å². The summed E-state index contributed by atoms with van der Waals surface area (Å²) in [4.78, 5) is 0. The van der Waals surface area contributed by atoms with E-state index in [4.69, 9.17) is 4.74 Å². The smallest absolute Gasteiger partial charge is 0.0975 e. The maximum absolute atomic E-state index is 10.0. The van der Waals surface area contributed by atoms with Crippen molar-refractivity contribution >= 4 is 0 Å². The molecule has 0 spiro atoms. The van der Waals surface area contributed by atoms with Gasteiger partial charge in [0, 0.05) is 6.54 Å². The van der Waals surface area contributed by atoms with Crippen LogP contribution in [0.4, 0.5) is 0 Å². The Bertz CT molecular complexity index is 167. The maximum Gasteiger partial charge on any atom is 0.0975 e. The molecule has 0 radical (unpaired) electrons. The number of nitrogens with one attached hydrogen (secondary N) is 1. The van der Waals surface area contributed by atoms with Crippen LogP contribution in [0.5, 0.6) is 0 Å². The Kier molecular flexibility index (Phi) is 6.41. The molecule has 92 valence electrons. The van der Waals surface area contributed by atoms with Gasteiger partial charge in [0.2, 0.25) is 0 Å². The molecule has 0 aliphatic heterocycles. The molecule has 0 aromatic heterocycles. The normalized spacial score (nSPS) is 16.4. The molecule has 0 aliphatic rings. The first-order valence-electron chi connectivity index (χ1n) is 5.90. The fourth-order valence-corrected chi connectivity index (χ4v) is 1.04. The van der Waals surface area contributed by atoms with E-state index < -0.39 is 5.60 Å². The van der Waals surface area contributed by atoms with Crippen LogP contribution in [0.2, 0.25) is 0 Å². The van der Waals surface area contributed by atoms with E-state index in [1.54, 1.807) is 6.92 Å². The molecule has 0 aliphatic carbocycles. The van der Waals surface area contributed by atoms with E-state index >= 15 is 0 Å². The van der Waals surface area contributed by atoms with Gasteiger partial charge >= 0.3 is 0 Å². The van der Waals surface area contributed by atoms with Crippen LogP contribution in [-0.4, -0.2) is 36.0 Å². The van der Waals surface area contributed by atoms with Crippen molar-refractivity contribution in [2.24, 2.45) is 0 Å². The molecule has 3 heteroatoms. The number of hydrogen-bond donors (Lipinski definition) is 2. The number of ether oxygens (including phenoxy) is 1. The summed E-state index contributed by atoms with van der Waals surface area (Å²) < 4.78 is 5.68. The van der Waals surface area contributed by atoms with E-state index in [1.165, 1.54) is 0 Å². The van der Waals surface area contributed by atoms with E-state index in [0.717, 1.165) is 19.4 Å². The van der Waals surface area contributed by atoms with Gasteiger partial charge in [-0.1, -0.05) is 13.8 Å². The average Bonchev–Trinajstić information content (AvgIpc) is 2.16. The van der Waals surface area contributed by atoms with Crippen molar-refractivity contribution in [1.29, 1.82) is 0 Å². The molecule has 1 unspecified atom stereocenters. The molecular formula is C12H27NO2. The number of aliphatic hydroxyl groups is 1. The van der Waals surface area contributed by atoms with Gasteiger partial charge in [-0.2, -0.15) is 0 Å². The first-order chi connectivity index (χ1) is 6.83. The van der Waals surface area contributed by atoms with Crippen LogP contribution in [0.1, 0.15) is 47.5 Å². The minimum Gasteiger partial charge on any atom is -0.386 e. The van der Waals surface area contributed by atoms with Crippen LogP contribution in [0.3, 0.4) is 0 Å². The van der Waals surface area contributed by atoms with Crippen molar-refractivity contribution in [3.63, 3.8) is 0 Å². The van der Waals surface area contributed by atoms with Gasteiger partial charge in [0.05, 0.1) is 17.8 Å². The van der Waals surface area contributed by atoms with Gasteiger partial charge in [-0.25, -0.2) is 0 Å². The Morgan fingerprint density at radius 3 is 2.27 bits per heavy atom. The molecule has 0 fully saturated rings. The summed E-state index contributed by atoms with van der Waals surface area (Å²) in [5.41, 5.74) is -0.920. The minimum atomic E-state index is -0.776.